The van der Waals surface area contributed by atoms with Gasteiger partial charge in [-0.1, -0.05) is 19.1 Å². The summed E-state index contributed by atoms with van der Waals surface area (Å²) in [6.07, 6.45) is 2.16. The van der Waals surface area contributed by atoms with E-state index in [0.29, 0.717) is 6.04 Å². The van der Waals surface area contributed by atoms with Crippen LogP contribution >= 0.6 is 0 Å². The fourth-order valence-corrected chi connectivity index (χ4v) is 4.27. The molecule has 1 saturated heterocycles. The van der Waals surface area contributed by atoms with Gasteiger partial charge in [0, 0.05) is 30.9 Å². The van der Waals surface area contributed by atoms with Crippen LogP contribution in [0.3, 0.4) is 0 Å². The number of sulfone groups is 1. The lowest BCUT2D eigenvalue weighted by Gasteiger charge is -2.36. The van der Waals surface area contributed by atoms with E-state index in [9.17, 15) is 8.42 Å². The van der Waals surface area contributed by atoms with E-state index in [4.69, 9.17) is 4.74 Å². The predicted molar refractivity (Wildman–Crippen MR) is 95.2 cm³/mol. The van der Waals surface area contributed by atoms with Gasteiger partial charge in [0.05, 0.1) is 18.6 Å². The lowest BCUT2D eigenvalue weighted by molar-refractivity contribution is 0.385. The van der Waals surface area contributed by atoms with Crippen LogP contribution in [0.5, 0.6) is 5.75 Å². The second-order valence-corrected chi connectivity index (χ2v) is 8.62. The molecule has 1 fully saturated rings. The molecule has 1 heterocycles. The number of hydrogen-bond donors (Lipinski definition) is 1. The van der Waals surface area contributed by atoms with Gasteiger partial charge in [0.25, 0.3) is 0 Å². The van der Waals surface area contributed by atoms with Gasteiger partial charge in [-0.25, -0.2) is 8.42 Å². The first-order valence-corrected chi connectivity index (χ1v) is 10.1. The molecular formula is C17H28N2O3S. The molecule has 23 heavy (non-hydrogen) atoms. The normalized spacial score (nSPS) is 20.3. The Balaban J connectivity index is 1.98. The van der Waals surface area contributed by atoms with Crippen LogP contribution in [0.4, 0.5) is 5.69 Å². The van der Waals surface area contributed by atoms with Gasteiger partial charge in [-0.05, 0) is 31.9 Å². The van der Waals surface area contributed by atoms with Gasteiger partial charge in [0.2, 0.25) is 0 Å². The van der Waals surface area contributed by atoms with Gasteiger partial charge in [-0.3, -0.25) is 0 Å². The smallest absolute Gasteiger partial charge is 0.151 e. The minimum atomic E-state index is -2.94. The Bertz CT molecular complexity index is 604. The van der Waals surface area contributed by atoms with Gasteiger partial charge in [0.15, 0.2) is 9.84 Å². The zero-order chi connectivity index (χ0) is 16.9. The van der Waals surface area contributed by atoms with E-state index < -0.39 is 9.84 Å². The molecule has 5 nitrogen and oxygen atoms in total. The minimum absolute atomic E-state index is 0.0254. The maximum atomic E-state index is 11.8. The first-order chi connectivity index (χ1) is 10.9. The summed E-state index contributed by atoms with van der Waals surface area (Å²) in [5, 5.41) is 3.48. The first-order valence-electron chi connectivity index (χ1n) is 8.29. The number of benzene rings is 1. The molecule has 0 bridgehead atoms. The summed E-state index contributed by atoms with van der Waals surface area (Å²) in [4.78, 5) is 2.32. The molecular weight excluding hydrogens is 312 g/mol. The summed E-state index contributed by atoms with van der Waals surface area (Å²) in [5.41, 5.74) is 1.11. The van der Waals surface area contributed by atoms with Crippen LogP contribution in [0, 0.1) is 0 Å². The average Bonchev–Trinajstić information content (AvgIpc) is 2.54. The summed E-state index contributed by atoms with van der Waals surface area (Å²) in [5.74, 6) is 1.29. The van der Waals surface area contributed by atoms with Crippen molar-refractivity contribution in [3.8, 4) is 5.75 Å². The van der Waals surface area contributed by atoms with E-state index in [1.165, 1.54) is 0 Å². The van der Waals surface area contributed by atoms with Gasteiger partial charge < -0.3 is 15.0 Å². The van der Waals surface area contributed by atoms with Crippen LogP contribution in [0.25, 0.3) is 0 Å². The third-order valence-electron chi connectivity index (χ3n) is 4.31. The number of piperidine rings is 1. The number of nitrogens with one attached hydrogen (secondary N) is 1. The molecule has 1 aromatic rings. The fraction of sp³-hybridized carbons (Fsp3) is 0.647. The standard InChI is InChI=1S/C17H28N2O3S/c1-4-23(20,21)13-14(2)18-15-8-7-11-19(12-15)16-9-5-6-10-17(16)22-3/h5-6,9-10,14-15,18H,4,7-8,11-13H2,1-3H3/t14-,15-/m1/s1. The minimum Gasteiger partial charge on any atom is -0.495 e. The van der Waals surface area contributed by atoms with Gasteiger partial charge in [-0.2, -0.15) is 0 Å². The van der Waals surface area contributed by atoms with Crippen molar-refractivity contribution in [2.45, 2.75) is 38.8 Å². The van der Waals surface area contributed by atoms with Crippen molar-refractivity contribution in [2.24, 2.45) is 0 Å². The van der Waals surface area contributed by atoms with Crippen molar-refractivity contribution in [1.29, 1.82) is 0 Å². The maximum absolute atomic E-state index is 11.8. The van der Waals surface area contributed by atoms with E-state index in [1.54, 1.807) is 14.0 Å². The Morgan fingerprint density at radius 3 is 2.83 bits per heavy atom. The second-order valence-electron chi connectivity index (χ2n) is 6.22. The summed E-state index contributed by atoms with van der Waals surface area (Å²) in [6, 6.07) is 8.32. The van der Waals surface area contributed by atoms with Crippen LogP contribution in [0.15, 0.2) is 24.3 Å². The lowest BCUT2D eigenvalue weighted by Crippen LogP contribution is -2.50. The largest absolute Gasteiger partial charge is 0.495 e. The van der Waals surface area contributed by atoms with Crippen LogP contribution in [-0.2, 0) is 9.84 Å². The Kier molecular flexibility index (Phi) is 6.30. The van der Waals surface area contributed by atoms with E-state index in [2.05, 4.69) is 16.3 Å². The SMILES string of the molecule is CCS(=O)(=O)C[C@@H](C)N[C@@H]1CCCN(c2ccccc2OC)C1. The molecule has 0 saturated carbocycles. The van der Waals surface area contributed by atoms with Gasteiger partial charge >= 0.3 is 0 Å². The highest BCUT2D eigenvalue weighted by molar-refractivity contribution is 7.91. The molecule has 1 aromatic carbocycles. The maximum Gasteiger partial charge on any atom is 0.151 e. The van der Waals surface area contributed by atoms with Crippen molar-refractivity contribution in [3.63, 3.8) is 0 Å². The molecule has 6 heteroatoms. The highest BCUT2D eigenvalue weighted by atomic mass is 32.2. The fourth-order valence-electron chi connectivity index (χ4n) is 3.17. The van der Waals surface area contributed by atoms with Crippen molar-refractivity contribution < 1.29 is 13.2 Å². The predicted octanol–water partition coefficient (Wildman–Crippen LogP) is 2.08. The van der Waals surface area contributed by atoms with Crippen molar-refractivity contribution in [3.05, 3.63) is 24.3 Å². The number of rotatable bonds is 7. The molecule has 1 aliphatic heterocycles. The van der Waals surface area contributed by atoms with Crippen LogP contribution in [0.2, 0.25) is 0 Å². The average molecular weight is 340 g/mol. The molecule has 2 atom stereocenters. The third-order valence-corrected chi connectivity index (χ3v) is 6.20. The Labute approximate surface area is 139 Å². The summed E-state index contributed by atoms with van der Waals surface area (Å²) in [6.45, 7) is 5.53. The number of methoxy groups -OCH3 is 1. The highest BCUT2D eigenvalue weighted by Crippen LogP contribution is 2.29. The quantitative estimate of drug-likeness (QED) is 0.823. The number of anilines is 1. The van der Waals surface area contributed by atoms with Crippen molar-refractivity contribution >= 4 is 15.5 Å². The van der Waals surface area contributed by atoms with E-state index in [0.717, 1.165) is 37.4 Å². The zero-order valence-corrected chi connectivity index (χ0v) is 15.1. The molecule has 0 radical (unpaired) electrons. The molecule has 0 aliphatic carbocycles. The van der Waals surface area contributed by atoms with E-state index >= 15 is 0 Å². The molecule has 1 aliphatic rings. The van der Waals surface area contributed by atoms with Crippen LogP contribution in [-0.4, -0.2) is 52.2 Å². The Morgan fingerprint density at radius 1 is 1.39 bits per heavy atom. The van der Waals surface area contributed by atoms with Gasteiger partial charge in [0.1, 0.15) is 5.75 Å². The Morgan fingerprint density at radius 2 is 2.13 bits per heavy atom. The van der Waals surface area contributed by atoms with Crippen molar-refractivity contribution in [2.75, 3.05) is 36.6 Å². The first kappa shape index (κ1) is 18.1. The third kappa shape index (κ3) is 5.11. The molecule has 130 valence electrons. The lowest BCUT2D eigenvalue weighted by atomic mass is 10.0. The summed E-state index contributed by atoms with van der Waals surface area (Å²) < 4.78 is 29.0. The zero-order valence-electron chi connectivity index (χ0n) is 14.3. The molecule has 0 aromatic heterocycles. The van der Waals surface area contributed by atoms with Gasteiger partial charge in [-0.15, -0.1) is 0 Å². The number of hydrogen-bond acceptors (Lipinski definition) is 5. The second kappa shape index (κ2) is 8.02. The molecule has 2 rings (SSSR count). The monoisotopic (exact) mass is 340 g/mol. The molecule has 0 unspecified atom stereocenters. The van der Waals surface area contributed by atoms with Crippen LogP contribution in [0.1, 0.15) is 26.7 Å². The number of ether oxygens (including phenoxy) is 1. The Hall–Kier alpha value is -1.27. The van der Waals surface area contributed by atoms with Crippen molar-refractivity contribution in [1.82, 2.24) is 5.32 Å². The topological polar surface area (TPSA) is 58.6 Å². The molecule has 0 spiro atoms. The molecule has 0 amide bonds. The van der Waals surface area contributed by atoms with Crippen LogP contribution < -0.4 is 15.0 Å². The van der Waals surface area contributed by atoms with E-state index in [-0.39, 0.29) is 17.5 Å². The summed E-state index contributed by atoms with van der Waals surface area (Å²) >= 11 is 0. The van der Waals surface area contributed by atoms with E-state index in [1.807, 2.05) is 25.1 Å². The highest BCUT2D eigenvalue weighted by Gasteiger charge is 2.24. The number of nitrogens with zero attached hydrogens (tertiary/aromatic N) is 1. The molecule has 1 N–H and O–H groups in total. The number of para-hydroxylation sites is 2. The summed E-state index contributed by atoms with van der Waals surface area (Å²) in [7, 11) is -1.25.